The summed E-state index contributed by atoms with van der Waals surface area (Å²) in [5.74, 6) is 0.693. The number of ether oxygens (including phenoxy) is 2. The van der Waals surface area contributed by atoms with Crippen molar-refractivity contribution in [1.82, 2.24) is 14.4 Å². The molecule has 1 aliphatic heterocycles. The molecule has 8 heteroatoms. The van der Waals surface area contributed by atoms with Gasteiger partial charge in [-0.2, -0.15) is 0 Å². The standard InChI is InChI=1S/C24H25N3O5/c1-25-20-7-5-4-6-17(20)19(15-22(25)28)24(30)27-12-10-26(11-13-27)23(29)18-9-8-16(31-2)14-21(18)32-3/h4-9,14-15H,10-13H2,1-3H3. The highest BCUT2D eigenvalue weighted by Crippen LogP contribution is 2.26. The van der Waals surface area contributed by atoms with Crippen molar-refractivity contribution in [2.24, 2.45) is 7.05 Å². The van der Waals surface area contributed by atoms with Crippen LogP contribution < -0.4 is 15.0 Å². The molecule has 0 aliphatic carbocycles. The maximum Gasteiger partial charge on any atom is 0.257 e. The van der Waals surface area contributed by atoms with Crippen LogP contribution in [0, 0.1) is 0 Å². The van der Waals surface area contributed by atoms with Crippen LogP contribution >= 0.6 is 0 Å². The van der Waals surface area contributed by atoms with Crippen molar-refractivity contribution in [2.75, 3.05) is 40.4 Å². The molecule has 0 N–H and O–H groups in total. The van der Waals surface area contributed by atoms with E-state index in [0.717, 1.165) is 5.39 Å². The van der Waals surface area contributed by atoms with Crippen LogP contribution in [0.25, 0.3) is 10.9 Å². The SMILES string of the molecule is COc1ccc(C(=O)N2CCN(C(=O)c3cc(=O)n(C)c4ccccc34)CC2)c(OC)c1. The minimum atomic E-state index is -0.229. The lowest BCUT2D eigenvalue weighted by Crippen LogP contribution is -2.50. The van der Waals surface area contributed by atoms with Crippen molar-refractivity contribution >= 4 is 22.7 Å². The quantitative estimate of drug-likeness (QED) is 0.627. The van der Waals surface area contributed by atoms with Crippen molar-refractivity contribution in [3.63, 3.8) is 0 Å². The molecule has 166 valence electrons. The van der Waals surface area contributed by atoms with Gasteiger partial charge in [-0.1, -0.05) is 18.2 Å². The number of benzene rings is 2. The number of aryl methyl sites for hydroxylation is 1. The smallest absolute Gasteiger partial charge is 0.257 e. The van der Waals surface area contributed by atoms with E-state index in [2.05, 4.69) is 0 Å². The monoisotopic (exact) mass is 435 g/mol. The molecular formula is C24H25N3O5. The number of carbonyl (C=O) groups excluding carboxylic acids is 2. The number of nitrogens with zero attached hydrogens (tertiary/aromatic N) is 3. The number of fused-ring (bicyclic) bond motifs is 1. The first-order chi connectivity index (χ1) is 15.4. The molecule has 0 bridgehead atoms. The van der Waals surface area contributed by atoms with E-state index in [1.54, 1.807) is 42.2 Å². The largest absolute Gasteiger partial charge is 0.497 e. The molecule has 1 aliphatic rings. The van der Waals surface area contributed by atoms with E-state index in [-0.39, 0.29) is 17.4 Å². The molecule has 32 heavy (non-hydrogen) atoms. The highest BCUT2D eigenvalue weighted by molar-refractivity contribution is 6.06. The maximum atomic E-state index is 13.2. The number of aromatic nitrogens is 1. The molecule has 0 unspecified atom stereocenters. The minimum Gasteiger partial charge on any atom is -0.497 e. The first-order valence-electron chi connectivity index (χ1n) is 10.3. The summed E-state index contributed by atoms with van der Waals surface area (Å²) in [5.41, 5.74) is 1.32. The van der Waals surface area contributed by atoms with E-state index in [9.17, 15) is 14.4 Å². The predicted octanol–water partition coefficient (Wildman–Crippen LogP) is 2.15. The molecule has 4 rings (SSSR count). The number of piperazine rings is 1. The lowest BCUT2D eigenvalue weighted by molar-refractivity contribution is 0.0534. The molecule has 0 spiro atoms. The Labute approximate surface area is 185 Å². The normalized spacial score (nSPS) is 13.8. The van der Waals surface area contributed by atoms with E-state index < -0.39 is 0 Å². The number of amides is 2. The zero-order chi connectivity index (χ0) is 22.8. The summed E-state index contributed by atoms with van der Waals surface area (Å²) in [6, 6.07) is 13.8. The molecule has 0 saturated carbocycles. The van der Waals surface area contributed by atoms with E-state index in [1.807, 2.05) is 24.3 Å². The van der Waals surface area contributed by atoms with Crippen molar-refractivity contribution in [1.29, 1.82) is 0 Å². The fourth-order valence-electron chi connectivity index (χ4n) is 4.02. The van der Waals surface area contributed by atoms with Gasteiger partial charge in [-0.25, -0.2) is 0 Å². The van der Waals surface area contributed by atoms with Gasteiger partial charge in [-0.05, 0) is 18.2 Å². The predicted molar refractivity (Wildman–Crippen MR) is 121 cm³/mol. The molecular weight excluding hydrogens is 410 g/mol. The number of methoxy groups -OCH3 is 2. The van der Waals surface area contributed by atoms with Gasteiger partial charge in [-0.15, -0.1) is 0 Å². The number of hydrogen-bond donors (Lipinski definition) is 0. The zero-order valence-corrected chi connectivity index (χ0v) is 18.3. The van der Waals surface area contributed by atoms with Crippen molar-refractivity contribution < 1.29 is 19.1 Å². The lowest BCUT2D eigenvalue weighted by Gasteiger charge is -2.35. The average molecular weight is 435 g/mol. The van der Waals surface area contributed by atoms with Gasteiger partial charge in [0, 0.05) is 50.7 Å². The third-order valence-corrected chi connectivity index (χ3v) is 5.88. The maximum absolute atomic E-state index is 13.2. The number of carbonyl (C=O) groups is 2. The third-order valence-electron chi connectivity index (χ3n) is 5.88. The first-order valence-corrected chi connectivity index (χ1v) is 10.3. The second-order valence-electron chi connectivity index (χ2n) is 7.62. The van der Waals surface area contributed by atoms with Gasteiger partial charge >= 0.3 is 0 Å². The summed E-state index contributed by atoms with van der Waals surface area (Å²) in [6.45, 7) is 1.55. The molecule has 2 heterocycles. The van der Waals surface area contributed by atoms with Crippen LogP contribution in [-0.2, 0) is 7.05 Å². The van der Waals surface area contributed by atoms with E-state index in [0.29, 0.717) is 54.3 Å². The lowest BCUT2D eigenvalue weighted by atomic mass is 10.1. The molecule has 1 aromatic heterocycles. The van der Waals surface area contributed by atoms with Crippen LogP contribution in [0.5, 0.6) is 11.5 Å². The summed E-state index contributed by atoms with van der Waals surface area (Å²) in [5, 5.41) is 0.737. The summed E-state index contributed by atoms with van der Waals surface area (Å²) in [7, 11) is 4.76. The Morgan fingerprint density at radius 3 is 2.06 bits per heavy atom. The summed E-state index contributed by atoms with van der Waals surface area (Å²) in [4.78, 5) is 42.0. The van der Waals surface area contributed by atoms with Crippen molar-refractivity contribution in [3.8, 4) is 11.5 Å². The number of hydrogen-bond acceptors (Lipinski definition) is 5. The van der Waals surface area contributed by atoms with E-state index in [1.165, 1.54) is 17.7 Å². The van der Waals surface area contributed by atoms with Gasteiger partial charge in [0.15, 0.2) is 0 Å². The van der Waals surface area contributed by atoms with Crippen LogP contribution in [0.1, 0.15) is 20.7 Å². The van der Waals surface area contributed by atoms with Gasteiger partial charge in [0.2, 0.25) is 0 Å². The van der Waals surface area contributed by atoms with Crippen LogP contribution in [0.15, 0.2) is 53.3 Å². The number of para-hydroxylation sites is 1. The Balaban J connectivity index is 1.52. The molecule has 8 nitrogen and oxygen atoms in total. The second kappa shape index (κ2) is 8.74. The van der Waals surface area contributed by atoms with Crippen molar-refractivity contribution in [3.05, 3.63) is 70.0 Å². The topological polar surface area (TPSA) is 81.1 Å². The molecule has 3 aromatic rings. The fraction of sp³-hybridized carbons (Fsp3) is 0.292. The van der Waals surface area contributed by atoms with Crippen LogP contribution in [0.3, 0.4) is 0 Å². The summed E-state index contributed by atoms with van der Waals surface area (Å²) in [6.07, 6.45) is 0. The Kier molecular flexibility index (Phi) is 5.85. The Hall–Kier alpha value is -3.81. The van der Waals surface area contributed by atoms with Gasteiger partial charge < -0.3 is 23.8 Å². The van der Waals surface area contributed by atoms with Gasteiger partial charge in [0.05, 0.1) is 30.9 Å². The molecule has 1 fully saturated rings. The van der Waals surface area contributed by atoms with Crippen LogP contribution in [-0.4, -0.2) is 66.6 Å². The highest BCUT2D eigenvalue weighted by atomic mass is 16.5. The Morgan fingerprint density at radius 2 is 1.44 bits per heavy atom. The zero-order valence-electron chi connectivity index (χ0n) is 18.3. The van der Waals surface area contributed by atoms with Crippen LogP contribution in [0.2, 0.25) is 0 Å². The Bertz CT molecular complexity index is 1240. The van der Waals surface area contributed by atoms with E-state index >= 15 is 0 Å². The average Bonchev–Trinajstić information content (AvgIpc) is 2.85. The molecule has 2 aromatic carbocycles. The molecule has 0 radical (unpaired) electrons. The third kappa shape index (κ3) is 3.79. The highest BCUT2D eigenvalue weighted by Gasteiger charge is 2.28. The van der Waals surface area contributed by atoms with Gasteiger partial charge in [0.1, 0.15) is 11.5 Å². The summed E-state index contributed by atoms with van der Waals surface area (Å²) < 4.78 is 12.1. The summed E-state index contributed by atoms with van der Waals surface area (Å²) >= 11 is 0. The number of pyridine rings is 1. The molecule has 2 amide bonds. The number of rotatable bonds is 4. The van der Waals surface area contributed by atoms with Crippen molar-refractivity contribution in [2.45, 2.75) is 0 Å². The Morgan fingerprint density at radius 1 is 0.812 bits per heavy atom. The first kappa shape index (κ1) is 21.4. The molecule has 1 saturated heterocycles. The minimum absolute atomic E-state index is 0.157. The fourth-order valence-corrected chi connectivity index (χ4v) is 4.02. The van der Waals surface area contributed by atoms with E-state index in [4.69, 9.17) is 9.47 Å². The molecule has 0 atom stereocenters. The van der Waals surface area contributed by atoms with Crippen LogP contribution in [0.4, 0.5) is 0 Å². The van der Waals surface area contributed by atoms with Gasteiger partial charge in [-0.3, -0.25) is 14.4 Å². The second-order valence-corrected chi connectivity index (χ2v) is 7.62. The van der Waals surface area contributed by atoms with Gasteiger partial charge in [0.25, 0.3) is 17.4 Å².